The summed E-state index contributed by atoms with van der Waals surface area (Å²) in [5.41, 5.74) is 2.13. The lowest BCUT2D eigenvalue weighted by Gasteiger charge is -2.44. The molecule has 0 unspecified atom stereocenters. The zero-order chi connectivity index (χ0) is 21.5. The van der Waals surface area contributed by atoms with E-state index in [9.17, 15) is 9.59 Å². The fourth-order valence-corrected chi connectivity index (χ4v) is 4.97. The standard InChI is InChI=1S/C25H37N3O2/c1-19-8-4-6-10-21(19)12-13-24(29)26-18-25(30)28-16-14-22(15-17-28)27(3)23-11-7-5-9-20(23)2/h4,6,8,10,12-13,20,22-23H,5,7,9,11,14-18H2,1-3H3,(H,26,29)/b13-12+/t20-,23+/m0/s1. The Morgan fingerprint density at radius 2 is 1.83 bits per heavy atom. The average Bonchev–Trinajstić information content (AvgIpc) is 2.77. The molecule has 2 fully saturated rings. The number of nitrogens with one attached hydrogen (secondary N) is 1. The third-order valence-corrected chi connectivity index (χ3v) is 7.00. The maximum Gasteiger partial charge on any atom is 0.244 e. The van der Waals surface area contributed by atoms with Gasteiger partial charge in [-0.2, -0.15) is 0 Å². The average molecular weight is 412 g/mol. The molecule has 1 aliphatic heterocycles. The molecule has 0 spiro atoms. The molecule has 1 saturated carbocycles. The molecule has 3 rings (SSSR count). The Morgan fingerprint density at radius 1 is 1.13 bits per heavy atom. The van der Waals surface area contributed by atoms with E-state index in [0.29, 0.717) is 12.1 Å². The zero-order valence-corrected chi connectivity index (χ0v) is 18.8. The highest BCUT2D eigenvalue weighted by Crippen LogP contribution is 2.30. The molecule has 2 atom stereocenters. The summed E-state index contributed by atoms with van der Waals surface area (Å²) in [4.78, 5) is 29.1. The van der Waals surface area contributed by atoms with Crippen LogP contribution in [0.2, 0.25) is 0 Å². The first-order valence-electron chi connectivity index (χ1n) is 11.5. The Balaban J connectivity index is 1.41. The molecule has 0 aromatic heterocycles. The van der Waals surface area contributed by atoms with E-state index in [-0.39, 0.29) is 18.4 Å². The van der Waals surface area contributed by atoms with Gasteiger partial charge in [0.05, 0.1) is 6.54 Å². The van der Waals surface area contributed by atoms with Gasteiger partial charge in [-0.25, -0.2) is 0 Å². The van der Waals surface area contributed by atoms with Crippen LogP contribution in [0.15, 0.2) is 30.3 Å². The first kappa shape index (κ1) is 22.5. The summed E-state index contributed by atoms with van der Waals surface area (Å²) < 4.78 is 0. The SMILES string of the molecule is Cc1ccccc1/C=C/C(=O)NCC(=O)N1CCC(N(C)[C@@H]2CCCC[C@@H]2C)CC1. The predicted octanol–water partition coefficient (Wildman–Crippen LogP) is 3.63. The molecule has 1 N–H and O–H groups in total. The van der Waals surface area contributed by atoms with Gasteiger partial charge in [-0.1, -0.05) is 44.0 Å². The van der Waals surface area contributed by atoms with Gasteiger partial charge in [-0.15, -0.1) is 0 Å². The van der Waals surface area contributed by atoms with E-state index in [0.717, 1.165) is 43.0 Å². The topological polar surface area (TPSA) is 52.7 Å². The zero-order valence-electron chi connectivity index (χ0n) is 18.8. The molecule has 1 aromatic carbocycles. The van der Waals surface area contributed by atoms with Crippen molar-refractivity contribution >= 4 is 17.9 Å². The first-order valence-corrected chi connectivity index (χ1v) is 11.5. The molecular weight excluding hydrogens is 374 g/mol. The van der Waals surface area contributed by atoms with Crippen LogP contribution in [0, 0.1) is 12.8 Å². The molecule has 1 aromatic rings. The van der Waals surface area contributed by atoms with E-state index in [1.165, 1.54) is 31.8 Å². The Kier molecular flexibility index (Phi) is 8.08. The number of hydrogen-bond donors (Lipinski definition) is 1. The summed E-state index contributed by atoms with van der Waals surface area (Å²) >= 11 is 0. The van der Waals surface area contributed by atoms with Gasteiger partial charge in [-0.3, -0.25) is 9.59 Å². The van der Waals surface area contributed by atoms with Crippen molar-refractivity contribution < 1.29 is 9.59 Å². The summed E-state index contributed by atoms with van der Waals surface area (Å²) in [7, 11) is 2.27. The van der Waals surface area contributed by atoms with E-state index in [4.69, 9.17) is 0 Å². The van der Waals surface area contributed by atoms with Crippen molar-refractivity contribution in [2.75, 3.05) is 26.7 Å². The van der Waals surface area contributed by atoms with E-state index < -0.39 is 0 Å². The van der Waals surface area contributed by atoms with Crippen LogP contribution in [0.1, 0.15) is 56.6 Å². The number of aryl methyl sites for hydroxylation is 1. The third kappa shape index (κ3) is 5.94. The van der Waals surface area contributed by atoms with Crippen LogP contribution < -0.4 is 5.32 Å². The highest BCUT2D eigenvalue weighted by Gasteiger charge is 2.32. The summed E-state index contributed by atoms with van der Waals surface area (Å²) in [6, 6.07) is 9.15. The lowest BCUT2D eigenvalue weighted by Crippen LogP contribution is -2.51. The van der Waals surface area contributed by atoms with Gasteiger partial charge in [0.2, 0.25) is 11.8 Å². The molecule has 1 aliphatic carbocycles. The van der Waals surface area contributed by atoms with Crippen molar-refractivity contribution in [3.63, 3.8) is 0 Å². The number of piperidine rings is 1. The summed E-state index contributed by atoms with van der Waals surface area (Å²) in [5.74, 6) is 0.554. The maximum absolute atomic E-state index is 12.5. The molecule has 30 heavy (non-hydrogen) atoms. The molecule has 0 bridgehead atoms. The number of likely N-dealkylation sites (tertiary alicyclic amines) is 1. The number of carbonyl (C=O) groups excluding carboxylic acids is 2. The molecule has 2 aliphatic rings. The van der Waals surface area contributed by atoms with Crippen LogP contribution >= 0.6 is 0 Å². The molecule has 164 valence electrons. The highest BCUT2D eigenvalue weighted by molar-refractivity contribution is 5.94. The quantitative estimate of drug-likeness (QED) is 0.728. The number of rotatable bonds is 6. The number of hydrogen-bond acceptors (Lipinski definition) is 3. The molecular formula is C25H37N3O2. The van der Waals surface area contributed by atoms with Crippen LogP contribution in [-0.2, 0) is 9.59 Å². The fourth-order valence-electron chi connectivity index (χ4n) is 4.97. The number of benzene rings is 1. The second kappa shape index (κ2) is 10.8. The lowest BCUT2D eigenvalue weighted by molar-refractivity contribution is -0.133. The molecule has 2 amide bonds. The van der Waals surface area contributed by atoms with Crippen molar-refractivity contribution in [3.8, 4) is 0 Å². The highest BCUT2D eigenvalue weighted by atomic mass is 16.2. The van der Waals surface area contributed by atoms with E-state index in [1.807, 2.05) is 36.1 Å². The third-order valence-electron chi connectivity index (χ3n) is 7.00. The minimum Gasteiger partial charge on any atom is -0.343 e. The van der Waals surface area contributed by atoms with Crippen LogP contribution in [0.5, 0.6) is 0 Å². The first-order chi connectivity index (χ1) is 14.5. The number of carbonyl (C=O) groups is 2. The van der Waals surface area contributed by atoms with Gasteiger partial charge in [-0.05, 0) is 62.8 Å². The van der Waals surface area contributed by atoms with Crippen LogP contribution in [0.4, 0.5) is 0 Å². The van der Waals surface area contributed by atoms with Crippen molar-refractivity contribution in [2.24, 2.45) is 5.92 Å². The van der Waals surface area contributed by atoms with Gasteiger partial charge in [0.15, 0.2) is 0 Å². The minimum atomic E-state index is -0.229. The van der Waals surface area contributed by atoms with Crippen molar-refractivity contribution in [1.82, 2.24) is 15.1 Å². The van der Waals surface area contributed by atoms with E-state index >= 15 is 0 Å². The smallest absolute Gasteiger partial charge is 0.244 e. The number of amides is 2. The number of nitrogens with zero attached hydrogens (tertiary/aromatic N) is 2. The van der Waals surface area contributed by atoms with Crippen LogP contribution in [0.3, 0.4) is 0 Å². The monoisotopic (exact) mass is 411 g/mol. The van der Waals surface area contributed by atoms with Crippen LogP contribution in [0.25, 0.3) is 6.08 Å². The summed E-state index contributed by atoms with van der Waals surface area (Å²) in [6.07, 6.45) is 10.7. The van der Waals surface area contributed by atoms with Gasteiger partial charge < -0.3 is 15.1 Å². The van der Waals surface area contributed by atoms with Gasteiger partial charge in [0, 0.05) is 31.2 Å². The van der Waals surface area contributed by atoms with Gasteiger partial charge >= 0.3 is 0 Å². The lowest BCUT2D eigenvalue weighted by atomic mass is 9.84. The molecule has 0 radical (unpaired) electrons. The largest absolute Gasteiger partial charge is 0.343 e. The van der Waals surface area contributed by atoms with Crippen molar-refractivity contribution in [3.05, 3.63) is 41.5 Å². The Morgan fingerprint density at radius 3 is 2.53 bits per heavy atom. The Hall–Kier alpha value is -2.14. The Bertz CT molecular complexity index is 753. The fraction of sp³-hybridized carbons (Fsp3) is 0.600. The predicted molar refractivity (Wildman–Crippen MR) is 122 cm³/mol. The van der Waals surface area contributed by atoms with Crippen molar-refractivity contribution in [1.29, 1.82) is 0 Å². The molecule has 5 nitrogen and oxygen atoms in total. The van der Waals surface area contributed by atoms with Gasteiger partial charge in [0.1, 0.15) is 0 Å². The van der Waals surface area contributed by atoms with Crippen molar-refractivity contribution in [2.45, 2.75) is 64.5 Å². The second-order valence-corrected chi connectivity index (χ2v) is 9.01. The second-order valence-electron chi connectivity index (χ2n) is 9.01. The summed E-state index contributed by atoms with van der Waals surface area (Å²) in [6.45, 7) is 6.02. The van der Waals surface area contributed by atoms with E-state index in [1.54, 1.807) is 6.08 Å². The van der Waals surface area contributed by atoms with E-state index in [2.05, 4.69) is 24.2 Å². The minimum absolute atomic E-state index is 0.0137. The normalized spacial score (nSPS) is 23.1. The Labute approximate surface area is 181 Å². The van der Waals surface area contributed by atoms with Gasteiger partial charge in [0.25, 0.3) is 0 Å². The van der Waals surface area contributed by atoms with Crippen LogP contribution in [-0.4, -0.2) is 60.4 Å². The molecule has 5 heteroatoms. The summed E-state index contributed by atoms with van der Waals surface area (Å²) in [5, 5.41) is 2.73. The maximum atomic E-state index is 12.5. The molecule has 1 heterocycles. The molecule has 1 saturated heterocycles.